The fourth-order valence-corrected chi connectivity index (χ4v) is 7.10. The van der Waals surface area contributed by atoms with Crippen molar-refractivity contribution in [2.24, 2.45) is 5.92 Å². The highest BCUT2D eigenvalue weighted by Gasteiger charge is 2.57. The smallest absolute Gasteiger partial charge is 0.244 e. The number of anilines is 1. The molecule has 0 spiro atoms. The molecule has 2 aliphatic rings. The molecule has 2 amide bonds. The molecule has 1 unspecified atom stereocenters. The van der Waals surface area contributed by atoms with Crippen LogP contribution in [0.1, 0.15) is 47.0 Å². The molecule has 32 heavy (non-hydrogen) atoms. The molecule has 2 heterocycles. The van der Waals surface area contributed by atoms with E-state index < -0.39 is 21.1 Å². The summed E-state index contributed by atoms with van der Waals surface area (Å²) in [5.41, 5.74) is -1.17. The molecule has 176 valence electrons. The Morgan fingerprint density at radius 2 is 1.84 bits per heavy atom. The summed E-state index contributed by atoms with van der Waals surface area (Å²) in [6.07, 6.45) is 2.94. The van der Waals surface area contributed by atoms with E-state index in [1.165, 1.54) is 22.5 Å². The second-order valence-corrected chi connectivity index (χ2v) is 11.4. The van der Waals surface area contributed by atoms with Crippen molar-refractivity contribution in [1.29, 1.82) is 0 Å². The van der Waals surface area contributed by atoms with Crippen LogP contribution >= 0.6 is 0 Å². The molecular weight excluding hydrogens is 430 g/mol. The van der Waals surface area contributed by atoms with E-state index in [-0.39, 0.29) is 28.7 Å². The molecule has 0 bridgehead atoms. The van der Waals surface area contributed by atoms with Crippen LogP contribution < -0.4 is 10.6 Å². The van der Waals surface area contributed by atoms with Crippen molar-refractivity contribution in [3.63, 3.8) is 0 Å². The number of ether oxygens (including phenoxy) is 1. The monoisotopic (exact) mass is 463 g/mol. The lowest BCUT2D eigenvalue weighted by atomic mass is 9.94. The van der Waals surface area contributed by atoms with E-state index in [1.54, 1.807) is 12.1 Å². The van der Waals surface area contributed by atoms with Gasteiger partial charge in [0, 0.05) is 36.4 Å². The minimum atomic E-state index is -3.93. The van der Waals surface area contributed by atoms with Crippen LogP contribution in [0.2, 0.25) is 0 Å². The van der Waals surface area contributed by atoms with Gasteiger partial charge in [-0.2, -0.15) is 4.31 Å². The fourth-order valence-electron chi connectivity index (χ4n) is 4.89. The van der Waals surface area contributed by atoms with Gasteiger partial charge in [0.25, 0.3) is 0 Å². The molecule has 1 aromatic carbocycles. The summed E-state index contributed by atoms with van der Waals surface area (Å²) in [5, 5.41) is 5.72. The van der Waals surface area contributed by atoms with Gasteiger partial charge in [-0.05, 0) is 71.2 Å². The Labute approximate surface area is 190 Å². The van der Waals surface area contributed by atoms with E-state index in [9.17, 15) is 18.0 Å². The number of hydrogen-bond acceptors (Lipinski definition) is 5. The molecule has 2 N–H and O–H groups in total. The van der Waals surface area contributed by atoms with Crippen molar-refractivity contribution in [2.75, 3.05) is 18.5 Å². The molecule has 0 radical (unpaired) electrons. The van der Waals surface area contributed by atoms with Crippen LogP contribution in [-0.2, 0) is 24.3 Å². The summed E-state index contributed by atoms with van der Waals surface area (Å²) < 4.78 is 34.3. The van der Waals surface area contributed by atoms with E-state index in [0.29, 0.717) is 38.2 Å². The first kappa shape index (κ1) is 24.4. The van der Waals surface area contributed by atoms with Gasteiger partial charge in [-0.25, -0.2) is 8.42 Å². The van der Waals surface area contributed by atoms with E-state index >= 15 is 0 Å². The molecule has 9 heteroatoms. The zero-order valence-corrected chi connectivity index (χ0v) is 20.0. The maximum absolute atomic E-state index is 13.8. The lowest BCUT2D eigenvalue weighted by molar-refractivity contribution is -0.122. The van der Waals surface area contributed by atoms with Gasteiger partial charge in [0.05, 0.1) is 10.4 Å². The third-order valence-corrected chi connectivity index (χ3v) is 8.66. The van der Waals surface area contributed by atoms with Crippen LogP contribution in [0.4, 0.5) is 5.69 Å². The van der Waals surface area contributed by atoms with Crippen LogP contribution in [0.5, 0.6) is 0 Å². The number of hydrogen-bond donors (Lipinski definition) is 2. The predicted molar refractivity (Wildman–Crippen MR) is 123 cm³/mol. The van der Waals surface area contributed by atoms with Crippen LogP contribution in [0.15, 0.2) is 41.8 Å². The highest BCUT2D eigenvalue weighted by Crippen LogP contribution is 2.45. The number of benzene rings is 1. The molecule has 2 aliphatic heterocycles. The van der Waals surface area contributed by atoms with E-state index in [1.807, 2.05) is 27.7 Å². The first-order chi connectivity index (χ1) is 14.9. The molecule has 3 rings (SSSR count). The van der Waals surface area contributed by atoms with Crippen molar-refractivity contribution in [3.8, 4) is 0 Å². The maximum atomic E-state index is 13.8. The normalized spacial score (nSPS) is 23.4. The molecule has 2 saturated heterocycles. The molecule has 8 nitrogen and oxygen atoms in total. The molecule has 2 fully saturated rings. The highest BCUT2D eigenvalue weighted by atomic mass is 32.2. The Morgan fingerprint density at radius 3 is 2.47 bits per heavy atom. The maximum Gasteiger partial charge on any atom is 0.244 e. The van der Waals surface area contributed by atoms with Gasteiger partial charge in [-0.1, -0.05) is 12.6 Å². The summed E-state index contributed by atoms with van der Waals surface area (Å²) in [5.74, 6) is -0.609. The van der Waals surface area contributed by atoms with Crippen molar-refractivity contribution in [3.05, 3.63) is 36.9 Å². The van der Waals surface area contributed by atoms with Crippen LogP contribution in [0, 0.1) is 5.92 Å². The summed E-state index contributed by atoms with van der Waals surface area (Å²) in [7, 11) is -3.93. The first-order valence-electron chi connectivity index (χ1n) is 10.9. The van der Waals surface area contributed by atoms with Gasteiger partial charge < -0.3 is 15.4 Å². The number of carbonyl (C=O) groups is 2. The van der Waals surface area contributed by atoms with Crippen molar-refractivity contribution in [1.82, 2.24) is 9.62 Å². The lowest BCUT2D eigenvalue weighted by Gasteiger charge is -2.40. The molecule has 0 saturated carbocycles. The molecule has 0 aromatic heterocycles. The Balaban J connectivity index is 1.88. The van der Waals surface area contributed by atoms with Gasteiger partial charge in [-0.3, -0.25) is 9.59 Å². The number of nitrogens with zero attached hydrogens (tertiary/aromatic N) is 1. The number of amides is 2. The van der Waals surface area contributed by atoms with Crippen LogP contribution in [-0.4, -0.2) is 54.9 Å². The van der Waals surface area contributed by atoms with E-state index in [2.05, 4.69) is 17.2 Å². The second-order valence-electron chi connectivity index (χ2n) is 9.61. The standard InChI is InChI=1S/C23H33N3O5S/c1-6-20(27)25-19-15-22(2,3)26(23(19,4)5)32(29,30)18-9-7-8-17(14-18)24-21(28)16-10-12-31-13-11-16/h6-9,14,16,19H,1,10-13,15H2,2-5H3,(H,24,28)(H,25,27). The fraction of sp³-hybridized carbons (Fsp3) is 0.565. The third-order valence-electron chi connectivity index (χ3n) is 6.36. The summed E-state index contributed by atoms with van der Waals surface area (Å²) in [6.45, 7) is 11.9. The Hall–Kier alpha value is -2.23. The average Bonchev–Trinajstić information content (AvgIpc) is 2.92. The molecule has 0 aliphatic carbocycles. The summed E-state index contributed by atoms with van der Waals surface area (Å²) in [4.78, 5) is 24.6. The molecule has 1 aromatic rings. The first-order valence-corrected chi connectivity index (χ1v) is 12.3. The highest BCUT2D eigenvalue weighted by molar-refractivity contribution is 7.89. The molecular formula is C23H33N3O5S. The van der Waals surface area contributed by atoms with E-state index in [0.717, 1.165) is 0 Å². The van der Waals surface area contributed by atoms with Gasteiger partial charge >= 0.3 is 0 Å². The number of nitrogens with one attached hydrogen (secondary N) is 2. The minimum absolute atomic E-state index is 0.0964. The van der Waals surface area contributed by atoms with Crippen molar-refractivity contribution in [2.45, 2.75) is 69.0 Å². The zero-order chi connectivity index (χ0) is 23.7. The van der Waals surface area contributed by atoms with Gasteiger partial charge in [-0.15, -0.1) is 0 Å². The SMILES string of the molecule is C=CC(=O)NC1CC(C)(C)N(S(=O)(=O)c2cccc(NC(=O)C3CCOCC3)c2)C1(C)C. The largest absolute Gasteiger partial charge is 0.381 e. The lowest BCUT2D eigenvalue weighted by Crippen LogP contribution is -2.56. The summed E-state index contributed by atoms with van der Waals surface area (Å²) >= 11 is 0. The van der Waals surface area contributed by atoms with Crippen LogP contribution in [0.25, 0.3) is 0 Å². The van der Waals surface area contributed by atoms with E-state index in [4.69, 9.17) is 4.74 Å². The number of rotatable bonds is 6. The van der Waals surface area contributed by atoms with Crippen molar-refractivity contribution >= 4 is 27.5 Å². The number of carbonyl (C=O) groups excluding carboxylic acids is 2. The topological polar surface area (TPSA) is 105 Å². The quantitative estimate of drug-likeness (QED) is 0.631. The average molecular weight is 464 g/mol. The minimum Gasteiger partial charge on any atom is -0.381 e. The van der Waals surface area contributed by atoms with Gasteiger partial charge in [0.2, 0.25) is 21.8 Å². The van der Waals surface area contributed by atoms with Crippen molar-refractivity contribution < 1.29 is 22.7 Å². The third kappa shape index (κ3) is 4.74. The summed E-state index contributed by atoms with van der Waals surface area (Å²) in [6, 6.07) is 5.95. The predicted octanol–water partition coefficient (Wildman–Crippen LogP) is 2.67. The van der Waals surface area contributed by atoms with Gasteiger partial charge in [0.1, 0.15) is 0 Å². The Morgan fingerprint density at radius 1 is 1.19 bits per heavy atom. The zero-order valence-electron chi connectivity index (χ0n) is 19.2. The number of sulfonamides is 1. The van der Waals surface area contributed by atoms with Gasteiger partial charge in [0.15, 0.2) is 0 Å². The Kier molecular flexibility index (Phi) is 6.83. The second kappa shape index (κ2) is 8.96. The van der Waals surface area contributed by atoms with Crippen LogP contribution in [0.3, 0.4) is 0 Å². The Bertz CT molecular complexity index is 997. The molecule has 1 atom stereocenters.